The fourth-order valence-corrected chi connectivity index (χ4v) is 4.79. The highest BCUT2D eigenvalue weighted by Crippen LogP contribution is 2.29. The third-order valence-electron chi connectivity index (χ3n) is 6.80. The molecule has 0 fully saturated rings. The van der Waals surface area contributed by atoms with Crippen molar-refractivity contribution in [3.05, 3.63) is 71.8 Å². The van der Waals surface area contributed by atoms with Crippen molar-refractivity contribution in [2.45, 2.75) is 110 Å². The van der Waals surface area contributed by atoms with Crippen LogP contribution in [0.2, 0.25) is 0 Å². The average Bonchev–Trinajstić information content (AvgIpc) is 2.86. The van der Waals surface area contributed by atoms with Gasteiger partial charge in [-0.15, -0.1) is 0 Å². The average molecular weight is 466 g/mol. The fraction of sp³-hybridized carbons (Fsp3) is 0.581. The van der Waals surface area contributed by atoms with Crippen LogP contribution in [0.1, 0.15) is 109 Å². The molecule has 188 valence electrons. The Labute approximate surface area is 208 Å². The van der Waals surface area contributed by atoms with Crippen LogP contribution in [0, 0.1) is 0 Å². The second-order valence-corrected chi connectivity index (χ2v) is 9.52. The highest BCUT2D eigenvalue weighted by molar-refractivity contribution is 5.70. The summed E-state index contributed by atoms with van der Waals surface area (Å²) in [5, 5.41) is 0. The molecule has 0 aliphatic carbocycles. The van der Waals surface area contributed by atoms with Gasteiger partial charge in [-0.3, -0.25) is 9.69 Å². The van der Waals surface area contributed by atoms with Gasteiger partial charge in [-0.1, -0.05) is 125 Å². The Morgan fingerprint density at radius 1 is 0.794 bits per heavy atom. The van der Waals surface area contributed by atoms with Crippen LogP contribution in [0.5, 0.6) is 0 Å². The Morgan fingerprint density at radius 3 is 1.94 bits per heavy atom. The van der Waals surface area contributed by atoms with Crippen molar-refractivity contribution in [2.24, 2.45) is 0 Å². The second kappa shape index (κ2) is 17.3. The van der Waals surface area contributed by atoms with Gasteiger partial charge >= 0.3 is 5.97 Å². The summed E-state index contributed by atoms with van der Waals surface area (Å²) in [6.07, 6.45) is 13.3. The number of hydrogen-bond acceptors (Lipinski definition) is 3. The molecule has 0 aliphatic rings. The summed E-state index contributed by atoms with van der Waals surface area (Å²) < 4.78 is 5.38. The van der Waals surface area contributed by atoms with E-state index < -0.39 is 0 Å². The van der Waals surface area contributed by atoms with Crippen LogP contribution in [0.15, 0.2) is 60.7 Å². The lowest BCUT2D eigenvalue weighted by Gasteiger charge is -2.37. The van der Waals surface area contributed by atoms with Gasteiger partial charge in [0.2, 0.25) is 0 Å². The molecule has 3 heteroatoms. The zero-order valence-corrected chi connectivity index (χ0v) is 21.9. The van der Waals surface area contributed by atoms with Gasteiger partial charge in [-0.2, -0.15) is 0 Å². The van der Waals surface area contributed by atoms with Crippen molar-refractivity contribution in [1.29, 1.82) is 0 Å². The zero-order chi connectivity index (χ0) is 24.4. The maximum absolute atomic E-state index is 12.6. The summed E-state index contributed by atoms with van der Waals surface area (Å²) in [6.45, 7) is 7.70. The van der Waals surface area contributed by atoms with Crippen LogP contribution >= 0.6 is 0 Å². The lowest BCUT2D eigenvalue weighted by molar-refractivity contribution is -0.145. The molecule has 2 aromatic carbocycles. The highest BCUT2D eigenvalue weighted by Gasteiger charge is 2.27. The molecule has 2 atom stereocenters. The monoisotopic (exact) mass is 465 g/mol. The van der Waals surface area contributed by atoms with Gasteiger partial charge in [0.25, 0.3) is 0 Å². The highest BCUT2D eigenvalue weighted by atomic mass is 16.5. The molecular weight excluding hydrogens is 418 g/mol. The summed E-state index contributed by atoms with van der Waals surface area (Å²) in [5.74, 6) is -0.0817. The van der Waals surface area contributed by atoms with Crippen LogP contribution in [0.4, 0.5) is 0 Å². The zero-order valence-electron chi connectivity index (χ0n) is 21.9. The Hall–Kier alpha value is -2.13. The Balaban J connectivity index is 2.05. The molecule has 0 bridgehead atoms. The minimum absolute atomic E-state index is 0.0817. The van der Waals surface area contributed by atoms with Crippen molar-refractivity contribution in [2.75, 3.05) is 6.61 Å². The van der Waals surface area contributed by atoms with Crippen LogP contribution in [-0.4, -0.2) is 23.5 Å². The molecule has 34 heavy (non-hydrogen) atoms. The number of nitrogens with zero attached hydrogens (tertiary/aromatic N) is 1. The molecule has 0 unspecified atom stereocenters. The van der Waals surface area contributed by atoms with Crippen LogP contribution in [0.25, 0.3) is 0 Å². The first-order valence-corrected chi connectivity index (χ1v) is 13.7. The molecule has 3 nitrogen and oxygen atoms in total. The van der Waals surface area contributed by atoms with E-state index in [0.717, 1.165) is 19.4 Å². The minimum Gasteiger partial charge on any atom is -0.466 e. The predicted octanol–water partition coefficient (Wildman–Crippen LogP) is 8.49. The number of carbonyl (C=O) groups excluding carboxylic acids is 1. The quantitative estimate of drug-likeness (QED) is 0.163. The number of carbonyl (C=O) groups is 1. The second-order valence-electron chi connectivity index (χ2n) is 9.52. The van der Waals surface area contributed by atoms with Crippen LogP contribution in [0.3, 0.4) is 0 Å². The van der Waals surface area contributed by atoms with Crippen molar-refractivity contribution >= 4 is 5.97 Å². The molecule has 0 amide bonds. The first kappa shape index (κ1) is 28.1. The standard InChI is InChI=1S/C31H47NO2/c1-4-6-7-8-9-10-11-12-19-24-30(25-31(33)34-5-2)32(26-28-20-15-13-16-21-28)27(3)29-22-17-14-18-23-29/h13-18,20-23,27,30H,4-12,19,24-26H2,1-3H3/t27-,30-/m1/s1. The van der Waals surface area contributed by atoms with E-state index in [4.69, 9.17) is 4.74 Å². The van der Waals surface area contributed by atoms with Gasteiger partial charge in [0.05, 0.1) is 13.0 Å². The Bertz CT molecular complexity index is 762. The predicted molar refractivity (Wildman–Crippen MR) is 144 cm³/mol. The number of unbranched alkanes of at least 4 members (excludes halogenated alkanes) is 8. The third-order valence-corrected chi connectivity index (χ3v) is 6.80. The summed E-state index contributed by atoms with van der Waals surface area (Å²) in [4.78, 5) is 15.1. The van der Waals surface area contributed by atoms with Gasteiger partial charge in [-0.05, 0) is 31.4 Å². The van der Waals surface area contributed by atoms with Gasteiger partial charge < -0.3 is 4.74 Å². The number of esters is 1. The molecule has 2 aromatic rings. The van der Waals surface area contributed by atoms with Crippen LogP contribution in [-0.2, 0) is 16.1 Å². The summed E-state index contributed by atoms with van der Waals surface area (Å²) >= 11 is 0. The van der Waals surface area contributed by atoms with Gasteiger partial charge in [0.15, 0.2) is 0 Å². The molecule has 0 radical (unpaired) electrons. The maximum atomic E-state index is 12.6. The maximum Gasteiger partial charge on any atom is 0.307 e. The van der Waals surface area contributed by atoms with Gasteiger partial charge in [-0.25, -0.2) is 0 Å². The van der Waals surface area contributed by atoms with E-state index in [-0.39, 0.29) is 18.1 Å². The Morgan fingerprint density at radius 2 is 1.35 bits per heavy atom. The van der Waals surface area contributed by atoms with E-state index in [1.807, 2.05) is 6.92 Å². The summed E-state index contributed by atoms with van der Waals surface area (Å²) in [6, 6.07) is 21.7. The molecule has 0 aliphatic heterocycles. The minimum atomic E-state index is -0.0817. The first-order valence-electron chi connectivity index (χ1n) is 13.7. The lowest BCUT2D eigenvalue weighted by atomic mass is 9.97. The van der Waals surface area contributed by atoms with E-state index in [2.05, 4.69) is 79.4 Å². The molecule has 0 saturated heterocycles. The molecule has 0 N–H and O–H groups in total. The Kier molecular flexibility index (Phi) is 14.3. The molecule has 0 saturated carbocycles. The third kappa shape index (κ3) is 10.9. The summed E-state index contributed by atoms with van der Waals surface area (Å²) in [5.41, 5.74) is 2.57. The lowest BCUT2D eigenvalue weighted by Crippen LogP contribution is -2.39. The van der Waals surface area contributed by atoms with E-state index >= 15 is 0 Å². The number of hydrogen-bond donors (Lipinski definition) is 0. The molecule has 0 aromatic heterocycles. The number of rotatable bonds is 18. The van der Waals surface area contributed by atoms with Crippen molar-refractivity contribution in [3.63, 3.8) is 0 Å². The fourth-order valence-electron chi connectivity index (χ4n) is 4.79. The molecule has 0 spiro atoms. The summed E-state index contributed by atoms with van der Waals surface area (Å²) in [7, 11) is 0. The molecular formula is C31H47NO2. The first-order chi connectivity index (χ1) is 16.7. The van der Waals surface area contributed by atoms with E-state index in [9.17, 15) is 4.79 Å². The smallest absolute Gasteiger partial charge is 0.307 e. The molecule has 2 rings (SSSR count). The van der Waals surface area contributed by atoms with E-state index in [1.165, 1.54) is 62.5 Å². The normalized spacial score (nSPS) is 13.1. The van der Waals surface area contributed by atoms with Crippen LogP contribution < -0.4 is 0 Å². The van der Waals surface area contributed by atoms with Gasteiger partial charge in [0, 0.05) is 18.6 Å². The number of ether oxygens (including phenoxy) is 1. The largest absolute Gasteiger partial charge is 0.466 e. The van der Waals surface area contributed by atoms with Crippen molar-refractivity contribution in [1.82, 2.24) is 4.90 Å². The van der Waals surface area contributed by atoms with E-state index in [1.54, 1.807) is 0 Å². The van der Waals surface area contributed by atoms with Gasteiger partial charge in [0.1, 0.15) is 0 Å². The number of benzene rings is 2. The SMILES string of the molecule is CCCCCCCCCCC[C@H](CC(=O)OCC)N(Cc1ccccc1)[C@H](C)c1ccccc1. The van der Waals surface area contributed by atoms with Crippen molar-refractivity contribution in [3.8, 4) is 0 Å². The van der Waals surface area contributed by atoms with Crippen molar-refractivity contribution < 1.29 is 9.53 Å². The van der Waals surface area contributed by atoms with E-state index in [0.29, 0.717) is 13.0 Å². The molecule has 0 heterocycles. The topological polar surface area (TPSA) is 29.5 Å².